The first-order valence-corrected chi connectivity index (χ1v) is 16.3. The lowest BCUT2D eigenvalue weighted by Crippen LogP contribution is -2.35. The highest BCUT2D eigenvalue weighted by Crippen LogP contribution is 2.54. The minimum atomic E-state index is -0.211. The van der Waals surface area contributed by atoms with Gasteiger partial charge in [-0.1, -0.05) is 145 Å². The Morgan fingerprint density at radius 3 is 2.19 bits per heavy atom. The van der Waals surface area contributed by atoms with Crippen LogP contribution in [0.1, 0.15) is 107 Å². The first kappa shape index (κ1) is 29.4. The third-order valence-electron chi connectivity index (χ3n) is 9.95. The maximum absolute atomic E-state index is 4.04. The van der Waals surface area contributed by atoms with Gasteiger partial charge in [-0.05, 0) is 104 Å². The molecule has 0 aliphatic heterocycles. The van der Waals surface area contributed by atoms with Crippen LogP contribution in [0.15, 0.2) is 109 Å². The summed E-state index contributed by atoms with van der Waals surface area (Å²) in [4.78, 5) is 0. The van der Waals surface area contributed by atoms with E-state index < -0.39 is 0 Å². The van der Waals surface area contributed by atoms with E-state index in [2.05, 4.69) is 145 Å². The van der Waals surface area contributed by atoms with Crippen LogP contribution < -0.4 is 0 Å². The summed E-state index contributed by atoms with van der Waals surface area (Å²) in [5.74, 6) is 0. The van der Waals surface area contributed by atoms with Crippen molar-refractivity contribution in [2.75, 3.05) is 0 Å². The Labute approximate surface area is 260 Å². The van der Waals surface area contributed by atoms with Crippen molar-refractivity contribution in [1.82, 2.24) is 0 Å². The minimum Gasteiger partial charge on any atom is -0.103 e. The Bertz CT molecular complexity index is 1740. The van der Waals surface area contributed by atoms with Gasteiger partial charge < -0.3 is 0 Å². The summed E-state index contributed by atoms with van der Waals surface area (Å²) in [6, 6.07) is 28.3. The van der Waals surface area contributed by atoms with E-state index in [1.807, 2.05) is 0 Å². The SMILES string of the molecule is C=CCCCCC(C1=CC=CC1)(c1ccc2ccccc2c1)c1c(C(C)(C)C)ccc2c1Cc1cc(C(C)(C)C)ccc1-2. The van der Waals surface area contributed by atoms with Crippen LogP contribution in [0.4, 0.5) is 0 Å². The maximum Gasteiger partial charge on any atom is 0.0423 e. The Balaban J connectivity index is 1.67. The van der Waals surface area contributed by atoms with Gasteiger partial charge in [0.15, 0.2) is 0 Å². The molecule has 0 N–H and O–H groups in total. The molecule has 0 fully saturated rings. The lowest BCUT2D eigenvalue weighted by Gasteiger charge is -2.42. The molecular weight excluding hydrogens is 516 g/mol. The van der Waals surface area contributed by atoms with E-state index in [9.17, 15) is 0 Å². The first-order chi connectivity index (χ1) is 20.5. The quantitative estimate of drug-likeness (QED) is 0.130. The lowest BCUT2D eigenvalue weighted by molar-refractivity contribution is 0.482. The Morgan fingerprint density at radius 2 is 1.49 bits per heavy atom. The van der Waals surface area contributed by atoms with Gasteiger partial charge in [-0.25, -0.2) is 0 Å². The van der Waals surface area contributed by atoms with E-state index in [1.54, 1.807) is 5.56 Å². The zero-order chi connectivity index (χ0) is 30.4. The molecule has 220 valence electrons. The second-order valence-corrected chi connectivity index (χ2v) is 14.9. The van der Waals surface area contributed by atoms with E-state index in [0.717, 1.165) is 38.5 Å². The highest BCUT2D eigenvalue weighted by Gasteiger charge is 2.44. The molecule has 1 unspecified atom stereocenters. The van der Waals surface area contributed by atoms with Crippen LogP contribution >= 0.6 is 0 Å². The summed E-state index contributed by atoms with van der Waals surface area (Å²) in [6.07, 6.45) is 15.6. The molecule has 0 nitrogen and oxygen atoms in total. The molecule has 4 aromatic carbocycles. The monoisotopic (exact) mass is 564 g/mol. The molecule has 0 radical (unpaired) electrons. The van der Waals surface area contributed by atoms with Crippen LogP contribution in [0.3, 0.4) is 0 Å². The molecule has 0 amide bonds. The molecule has 0 heteroatoms. The van der Waals surface area contributed by atoms with Crippen molar-refractivity contribution in [3.63, 3.8) is 0 Å². The lowest BCUT2D eigenvalue weighted by atomic mass is 9.60. The molecule has 43 heavy (non-hydrogen) atoms. The smallest absolute Gasteiger partial charge is 0.0423 e. The zero-order valence-corrected chi connectivity index (χ0v) is 27.2. The van der Waals surface area contributed by atoms with E-state index in [0.29, 0.717) is 0 Å². The molecule has 2 aliphatic rings. The Hall–Kier alpha value is -3.64. The topological polar surface area (TPSA) is 0 Å². The van der Waals surface area contributed by atoms with Crippen LogP contribution in [-0.2, 0) is 22.7 Å². The van der Waals surface area contributed by atoms with Gasteiger partial charge in [0.2, 0.25) is 0 Å². The molecule has 1 atom stereocenters. The van der Waals surface area contributed by atoms with Crippen LogP contribution in [0.25, 0.3) is 21.9 Å². The summed E-state index contributed by atoms with van der Waals surface area (Å²) >= 11 is 0. The number of benzene rings is 4. The Morgan fingerprint density at radius 1 is 0.744 bits per heavy atom. The number of hydrogen-bond donors (Lipinski definition) is 0. The van der Waals surface area contributed by atoms with Crippen molar-refractivity contribution in [3.8, 4) is 11.1 Å². The number of hydrogen-bond acceptors (Lipinski definition) is 0. The first-order valence-electron chi connectivity index (χ1n) is 16.3. The molecule has 0 saturated carbocycles. The number of unbranched alkanes of at least 4 members (excludes halogenated alkanes) is 2. The average molecular weight is 565 g/mol. The van der Waals surface area contributed by atoms with Crippen molar-refractivity contribution < 1.29 is 0 Å². The van der Waals surface area contributed by atoms with Crippen molar-refractivity contribution in [3.05, 3.63) is 143 Å². The standard InChI is InChI=1S/C43H48/c1-8-9-10-15-26-43(33-18-13-14-19-33,35-21-20-30-16-11-12-17-31(30)27-35)40-38-29-32-28-34(41(2,3)4)22-23-36(32)37(38)24-25-39(40)42(5,6)7/h8,11-14,16-18,20-25,27-28H,1,9-10,15,19,26,29H2,2-7H3. The van der Waals surface area contributed by atoms with Gasteiger partial charge in [-0.2, -0.15) is 0 Å². The number of allylic oxidation sites excluding steroid dienone is 5. The van der Waals surface area contributed by atoms with Crippen LogP contribution in [0.5, 0.6) is 0 Å². The highest BCUT2D eigenvalue weighted by atomic mass is 14.5. The highest BCUT2D eigenvalue weighted by molar-refractivity contribution is 5.85. The van der Waals surface area contributed by atoms with E-state index in [1.165, 1.54) is 55.3 Å². The van der Waals surface area contributed by atoms with Crippen LogP contribution in [-0.4, -0.2) is 0 Å². The second-order valence-electron chi connectivity index (χ2n) is 14.9. The summed E-state index contributed by atoms with van der Waals surface area (Å²) < 4.78 is 0. The third kappa shape index (κ3) is 5.24. The van der Waals surface area contributed by atoms with Gasteiger partial charge in [-0.15, -0.1) is 6.58 Å². The van der Waals surface area contributed by atoms with E-state index >= 15 is 0 Å². The molecule has 4 aromatic rings. The van der Waals surface area contributed by atoms with Crippen LogP contribution in [0, 0.1) is 0 Å². The van der Waals surface area contributed by atoms with Gasteiger partial charge in [0, 0.05) is 5.41 Å². The van der Waals surface area contributed by atoms with Crippen molar-refractivity contribution in [1.29, 1.82) is 0 Å². The minimum absolute atomic E-state index is 0.00547. The largest absolute Gasteiger partial charge is 0.103 e. The fraction of sp³-hybridized carbons (Fsp3) is 0.349. The van der Waals surface area contributed by atoms with Gasteiger partial charge in [0.25, 0.3) is 0 Å². The summed E-state index contributed by atoms with van der Waals surface area (Å²) in [6.45, 7) is 18.2. The van der Waals surface area contributed by atoms with Crippen molar-refractivity contribution in [2.45, 2.75) is 96.3 Å². The summed E-state index contributed by atoms with van der Waals surface area (Å²) in [5.41, 5.74) is 13.2. The van der Waals surface area contributed by atoms with Crippen LogP contribution in [0.2, 0.25) is 0 Å². The summed E-state index contributed by atoms with van der Waals surface area (Å²) in [7, 11) is 0. The fourth-order valence-corrected chi connectivity index (χ4v) is 7.67. The van der Waals surface area contributed by atoms with E-state index in [4.69, 9.17) is 0 Å². The molecule has 0 saturated heterocycles. The fourth-order valence-electron chi connectivity index (χ4n) is 7.67. The Kier molecular flexibility index (Phi) is 7.62. The molecule has 6 rings (SSSR count). The van der Waals surface area contributed by atoms with E-state index in [-0.39, 0.29) is 16.2 Å². The molecule has 0 aromatic heterocycles. The van der Waals surface area contributed by atoms with Gasteiger partial charge in [0.1, 0.15) is 0 Å². The predicted octanol–water partition coefficient (Wildman–Crippen LogP) is 11.9. The molecule has 0 heterocycles. The molecular formula is C43H48. The molecule has 0 spiro atoms. The molecule has 2 aliphatic carbocycles. The number of fused-ring (bicyclic) bond motifs is 4. The summed E-state index contributed by atoms with van der Waals surface area (Å²) in [5, 5.41) is 2.63. The van der Waals surface area contributed by atoms with Crippen molar-refractivity contribution >= 4 is 10.8 Å². The van der Waals surface area contributed by atoms with Gasteiger partial charge in [0.05, 0.1) is 0 Å². The second kappa shape index (κ2) is 11.1. The van der Waals surface area contributed by atoms with Gasteiger partial charge in [-0.3, -0.25) is 0 Å². The third-order valence-corrected chi connectivity index (χ3v) is 9.95. The number of rotatable bonds is 8. The predicted molar refractivity (Wildman–Crippen MR) is 187 cm³/mol. The zero-order valence-electron chi connectivity index (χ0n) is 27.2. The average Bonchev–Trinajstić information content (AvgIpc) is 3.64. The molecule has 0 bridgehead atoms. The van der Waals surface area contributed by atoms with Gasteiger partial charge >= 0.3 is 0 Å². The maximum atomic E-state index is 4.04. The van der Waals surface area contributed by atoms with Crippen molar-refractivity contribution in [2.24, 2.45) is 0 Å². The normalized spacial score (nSPS) is 15.7.